The molecule has 0 aliphatic carbocycles. The molecule has 18 heavy (non-hydrogen) atoms. The van der Waals surface area contributed by atoms with Gasteiger partial charge in [0.15, 0.2) is 11.5 Å². The number of carbonyl (C=O) groups is 2. The summed E-state index contributed by atoms with van der Waals surface area (Å²) in [6.45, 7) is 4.26. The quantitative estimate of drug-likeness (QED) is 0.857. The van der Waals surface area contributed by atoms with E-state index in [1.165, 1.54) is 16.2 Å². The van der Waals surface area contributed by atoms with Crippen LogP contribution in [-0.4, -0.2) is 42.1 Å². The van der Waals surface area contributed by atoms with E-state index in [1.54, 1.807) is 13.1 Å². The van der Waals surface area contributed by atoms with Gasteiger partial charge in [0.2, 0.25) is 0 Å². The van der Waals surface area contributed by atoms with Crippen LogP contribution in [0.15, 0.2) is 6.07 Å². The predicted molar refractivity (Wildman–Crippen MR) is 69.5 cm³/mol. The zero-order valence-electron chi connectivity index (χ0n) is 10.7. The first-order chi connectivity index (χ1) is 8.49. The van der Waals surface area contributed by atoms with Crippen molar-refractivity contribution in [1.82, 2.24) is 4.90 Å². The van der Waals surface area contributed by atoms with Crippen LogP contribution in [0.25, 0.3) is 0 Å². The van der Waals surface area contributed by atoms with Crippen molar-refractivity contribution in [3.05, 3.63) is 15.8 Å². The van der Waals surface area contributed by atoms with Gasteiger partial charge in [-0.2, -0.15) is 0 Å². The van der Waals surface area contributed by atoms with E-state index in [9.17, 15) is 9.59 Å². The molecule has 1 aromatic rings. The number of carbonyl (C=O) groups excluding carboxylic acids is 1. The number of thiophene rings is 1. The number of carboxylic acid groups (broad SMARTS) is 1. The lowest BCUT2D eigenvalue weighted by Gasteiger charge is -2.14. The third-order valence-electron chi connectivity index (χ3n) is 2.54. The van der Waals surface area contributed by atoms with Crippen molar-refractivity contribution in [1.29, 1.82) is 0 Å². The van der Waals surface area contributed by atoms with Gasteiger partial charge in [-0.05, 0) is 19.4 Å². The minimum Gasteiger partial charge on any atom is -0.482 e. The zero-order chi connectivity index (χ0) is 13.7. The molecule has 1 aromatic heterocycles. The van der Waals surface area contributed by atoms with Crippen molar-refractivity contribution >= 4 is 23.2 Å². The first-order valence-electron chi connectivity index (χ1n) is 5.72. The molecule has 0 atom stereocenters. The van der Waals surface area contributed by atoms with Crippen LogP contribution in [0, 0.1) is 0 Å². The molecule has 5 nitrogen and oxygen atoms in total. The van der Waals surface area contributed by atoms with E-state index in [4.69, 9.17) is 9.84 Å². The molecule has 1 amide bonds. The zero-order valence-corrected chi connectivity index (χ0v) is 11.5. The van der Waals surface area contributed by atoms with Crippen molar-refractivity contribution < 1.29 is 19.4 Å². The standard InChI is InChI=1S/C12H17NO4S/c1-4-8-6-9(11(18-8)12(15)16)17-7-10(14)13(3)5-2/h6H,4-5,7H2,1-3H3,(H,15,16). The molecule has 0 fully saturated rings. The molecule has 1 rings (SSSR count). The summed E-state index contributed by atoms with van der Waals surface area (Å²) in [5.74, 6) is -0.911. The fraction of sp³-hybridized carbons (Fsp3) is 0.500. The minimum absolute atomic E-state index is 0.134. The van der Waals surface area contributed by atoms with Crippen molar-refractivity contribution in [2.75, 3.05) is 20.2 Å². The lowest BCUT2D eigenvalue weighted by atomic mass is 10.3. The second kappa shape index (κ2) is 6.39. The summed E-state index contributed by atoms with van der Waals surface area (Å²) < 4.78 is 5.30. The Kier molecular flexibility index (Phi) is 5.15. The second-order valence-electron chi connectivity index (χ2n) is 3.76. The maximum absolute atomic E-state index is 11.6. The third kappa shape index (κ3) is 3.46. The van der Waals surface area contributed by atoms with Crippen molar-refractivity contribution in [3.8, 4) is 5.75 Å². The Hall–Kier alpha value is -1.56. The molecule has 0 saturated carbocycles. The van der Waals surface area contributed by atoms with Gasteiger partial charge in [0.05, 0.1) is 0 Å². The van der Waals surface area contributed by atoms with Gasteiger partial charge in [0.1, 0.15) is 5.75 Å². The number of amides is 1. The van der Waals surface area contributed by atoms with Crippen molar-refractivity contribution in [2.45, 2.75) is 20.3 Å². The SMILES string of the molecule is CCc1cc(OCC(=O)N(C)CC)c(C(=O)O)s1. The van der Waals surface area contributed by atoms with Gasteiger partial charge in [-0.3, -0.25) is 4.79 Å². The van der Waals surface area contributed by atoms with Gasteiger partial charge in [-0.15, -0.1) is 11.3 Å². The molecule has 0 aliphatic rings. The van der Waals surface area contributed by atoms with Gasteiger partial charge in [0, 0.05) is 18.5 Å². The number of ether oxygens (including phenoxy) is 1. The van der Waals surface area contributed by atoms with Crippen LogP contribution in [-0.2, 0) is 11.2 Å². The smallest absolute Gasteiger partial charge is 0.349 e. The van der Waals surface area contributed by atoms with Crippen LogP contribution in [0.3, 0.4) is 0 Å². The fourth-order valence-corrected chi connectivity index (χ4v) is 2.16. The Morgan fingerprint density at radius 1 is 1.44 bits per heavy atom. The van der Waals surface area contributed by atoms with Crippen molar-refractivity contribution in [3.63, 3.8) is 0 Å². The summed E-state index contributed by atoms with van der Waals surface area (Å²) in [4.78, 5) is 25.2. The maximum atomic E-state index is 11.6. The van der Waals surface area contributed by atoms with Crippen LogP contribution in [0.2, 0.25) is 0 Å². The number of rotatable bonds is 6. The molecule has 0 bridgehead atoms. The van der Waals surface area contributed by atoms with Gasteiger partial charge in [0.25, 0.3) is 5.91 Å². The average molecular weight is 271 g/mol. The van der Waals surface area contributed by atoms with E-state index >= 15 is 0 Å². The molecule has 0 unspecified atom stereocenters. The van der Waals surface area contributed by atoms with E-state index in [0.29, 0.717) is 6.54 Å². The van der Waals surface area contributed by atoms with E-state index in [1.807, 2.05) is 13.8 Å². The summed E-state index contributed by atoms with van der Waals surface area (Å²) in [5.41, 5.74) is 0. The molecule has 0 spiro atoms. The first-order valence-corrected chi connectivity index (χ1v) is 6.54. The number of aromatic carboxylic acids is 1. The van der Waals surface area contributed by atoms with Gasteiger partial charge in [-0.1, -0.05) is 6.92 Å². The van der Waals surface area contributed by atoms with Gasteiger partial charge in [-0.25, -0.2) is 4.79 Å². The molecule has 0 saturated heterocycles. The van der Waals surface area contributed by atoms with Crippen LogP contribution in [0.5, 0.6) is 5.75 Å². The maximum Gasteiger partial charge on any atom is 0.349 e. The number of aryl methyl sites for hydroxylation is 1. The normalized spacial score (nSPS) is 10.2. The summed E-state index contributed by atoms with van der Waals surface area (Å²) >= 11 is 1.18. The highest BCUT2D eigenvalue weighted by molar-refractivity contribution is 7.14. The first kappa shape index (κ1) is 14.5. The molecular weight excluding hydrogens is 254 g/mol. The highest BCUT2D eigenvalue weighted by Gasteiger charge is 2.17. The number of likely N-dealkylation sites (N-methyl/N-ethyl adjacent to an activating group) is 1. The Labute approximate surface area is 110 Å². The monoisotopic (exact) mass is 271 g/mol. The van der Waals surface area contributed by atoms with Crippen LogP contribution < -0.4 is 4.74 Å². The molecule has 0 radical (unpaired) electrons. The van der Waals surface area contributed by atoms with E-state index in [0.717, 1.165) is 11.3 Å². The van der Waals surface area contributed by atoms with Gasteiger partial charge < -0.3 is 14.7 Å². The van der Waals surface area contributed by atoms with E-state index < -0.39 is 5.97 Å². The molecule has 1 heterocycles. The summed E-state index contributed by atoms with van der Waals surface area (Å²) in [6.07, 6.45) is 0.747. The molecule has 6 heteroatoms. The van der Waals surface area contributed by atoms with Crippen LogP contribution in [0.4, 0.5) is 0 Å². The minimum atomic E-state index is -1.02. The highest BCUT2D eigenvalue weighted by atomic mass is 32.1. The molecule has 1 N–H and O–H groups in total. The van der Waals surface area contributed by atoms with Crippen LogP contribution >= 0.6 is 11.3 Å². The number of hydrogen-bond donors (Lipinski definition) is 1. The second-order valence-corrected chi connectivity index (χ2v) is 4.90. The number of hydrogen-bond acceptors (Lipinski definition) is 4. The van der Waals surface area contributed by atoms with Crippen LogP contribution in [0.1, 0.15) is 28.4 Å². The molecular formula is C12H17NO4S. The Bertz CT molecular complexity index is 441. The largest absolute Gasteiger partial charge is 0.482 e. The predicted octanol–water partition coefficient (Wildman–Crippen LogP) is 1.87. The topological polar surface area (TPSA) is 66.8 Å². The van der Waals surface area contributed by atoms with Crippen molar-refractivity contribution in [2.24, 2.45) is 0 Å². The molecule has 0 aromatic carbocycles. The van der Waals surface area contributed by atoms with E-state index in [2.05, 4.69) is 0 Å². The fourth-order valence-electron chi connectivity index (χ4n) is 1.28. The van der Waals surface area contributed by atoms with E-state index in [-0.39, 0.29) is 23.1 Å². The summed E-state index contributed by atoms with van der Waals surface area (Å²) in [7, 11) is 1.68. The lowest BCUT2D eigenvalue weighted by Crippen LogP contribution is -2.31. The summed E-state index contributed by atoms with van der Waals surface area (Å²) in [6, 6.07) is 1.69. The molecule has 0 aliphatic heterocycles. The third-order valence-corrected chi connectivity index (χ3v) is 3.79. The number of nitrogens with zero attached hydrogens (tertiary/aromatic N) is 1. The number of carboxylic acids is 1. The lowest BCUT2D eigenvalue weighted by molar-refractivity contribution is -0.131. The van der Waals surface area contributed by atoms with Gasteiger partial charge >= 0.3 is 5.97 Å². The summed E-state index contributed by atoms with van der Waals surface area (Å²) in [5, 5.41) is 9.03. The Morgan fingerprint density at radius 3 is 2.61 bits per heavy atom. The Balaban J connectivity index is 2.75. The Morgan fingerprint density at radius 2 is 2.11 bits per heavy atom. The molecule has 100 valence electrons. The highest BCUT2D eigenvalue weighted by Crippen LogP contribution is 2.29. The average Bonchev–Trinajstić information content (AvgIpc) is 2.78.